The van der Waals surface area contributed by atoms with Crippen LogP contribution in [0.3, 0.4) is 0 Å². The second-order valence-electron chi connectivity index (χ2n) is 7.02. The molecular weight excluding hydrogens is 316 g/mol. The van der Waals surface area contributed by atoms with E-state index in [1.54, 1.807) is 13.2 Å². The number of hydrogen-bond acceptors (Lipinski definition) is 3. The summed E-state index contributed by atoms with van der Waals surface area (Å²) < 4.78 is 1.93. The van der Waals surface area contributed by atoms with Crippen molar-refractivity contribution < 1.29 is 4.79 Å². The van der Waals surface area contributed by atoms with Crippen molar-refractivity contribution in [1.82, 2.24) is 25.3 Å². The quantitative estimate of drug-likeness (QED) is 0.462. The van der Waals surface area contributed by atoms with Crippen LogP contribution in [0.4, 0.5) is 0 Å². The lowest BCUT2D eigenvalue weighted by atomic mass is 10.1. The second kappa shape index (κ2) is 8.87. The van der Waals surface area contributed by atoms with Gasteiger partial charge < -0.3 is 15.5 Å². The predicted octanol–water partition coefficient (Wildman–Crippen LogP) is 1.23. The van der Waals surface area contributed by atoms with E-state index in [-0.39, 0.29) is 5.92 Å². The van der Waals surface area contributed by atoms with Crippen LogP contribution in [0.5, 0.6) is 0 Å². The predicted molar refractivity (Wildman–Crippen MR) is 98.3 cm³/mol. The van der Waals surface area contributed by atoms with Gasteiger partial charge in [0.05, 0.1) is 0 Å². The lowest BCUT2D eigenvalue weighted by Crippen LogP contribution is -2.45. The molecule has 1 saturated heterocycles. The van der Waals surface area contributed by atoms with Crippen molar-refractivity contribution in [2.45, 2.75) is 51.1 Å². The maximum absolute atomic E-state index is 12.5. The Bertz CT molecular complexity index is 564. The van der Waals surface area contributed by atoms with E-state index in [0.29, 0.717) is 11.9 Å². The number of likely N-dealkylation sites (tertiary alicyclic amines) is 1. The molecule has 7 nitrogen and oxygen atoms in total. The summed E-state index contributed by atoms with van der Waals surface area (Å²) in [6.45, 7) is 3.40. The van der Waals surface area contributed by atoms with Crippen molar-refractivity contribution in [2.75, 3.05) is 26.7 Å². The minimum Gasteiger partial charge on any atom is -0.356 e. The zero-order chi connectivity index (χ0) is 17.5. The van der Waals surface area contributed by atoms with Crippen LogP contribution in [-0.4, -0.2) is 59.3 Å². The highest BCUT2D eigenvalue weighted by Gasteiger charge is 2.32. The lowest BCUT2D eigenvalue weighted by molar-refractivity contribution is -0.134. The molecule has 0 radical (unpaired) electrons. The number of guanidine groups is 1. The van der Waals surface area contributed by atoms with Crippen LogP contribution in [-0.2, 0) is 11.3 Å². The van der Waals surface area contributed by atoms with Gasteiger partial charge in [0.15, 0.2) is 5.96 Å². The number of nitrogens with one attached hydrogen (secondary N) is 2. The molecule has 2 heterocycles. The maximum Gasteiger partial charge on any atom is 0.225 e. The van der Waals surface area contributed by atoms with Crippen molar-refractivity contribution in [2.24, 2.45) is 10.9 Å². The van der Waals surface area contributed by atoms with Crippen molar-refractivity contribution in [3.63, 3.8) is 0 Å². The number of nitrogens with zero attached hydrogens (tertiary/aromatic N) is 4. The third-order valence-electron chi connectivity index (χ3n) is 5.18. The molecule has 1 atom stereocenters. The summed E-state index contributed by atoms with van der Waals surface area (Å²) in [5, 5.41) is 11.0. The molecule has 1 aromatic heterocycles. The molecule has 2 fully saturated rings. The number of rotatable bonds is 6. The monoisotopic (exact) mass is 346 g/mol. The third kappa shape index (κ3) is 4.96. The fourth-order valence-corrected chi connectivity index (χ4v) is 3.78. The molecule has 138 valence electrons. The maximum atomic E-state index is 12.5. The van der Waals surface area contributed by atoms with Gasteiger partial charge in [-0.2, -0.15) is 5.10 Å². The molecule has 1 unspecified atom stereocenters. The van der Waals surface area contributed by atoms with Gasteiger partial charge in [-0.25, -0.2) is 0 Å². The molecule has 0 spiro atoms. The first kappa shape index (κ1) is 17.8. The summed E-state index contributed by atoms with van der Waals surface area (Å²) in [5.41, 5.74) is 0. The number of hydrogen-bond donors (Lipinski definition) is 2. The van der Waals surface area contributed by atoms with Crippen molar-refractivity contribution in [3.05, 3.63) is 18.5 Å². The zero-order valence-electron chi connectivity index (χ0n) is 15.2. The number of amides is 1. The summed E-state index contributed by atoms with van der Waals surface area (Å²) in [5.74, 6) is 1.46. The molecule has 0 bridgehead atoms. The second-order valence-corrected chi connectivity index (χ2v) is 7.02. The molecule has 1 aliphatic carbocycles. The average molecular weight is 346 g/mol. The van der Waals surface area contributed by atoms with Gasteiger partial charge >= 0.3 is 0 Å². The van der Waals surface area contributed by atoms with Gasteiger partial charge in [-0.1, -0.05) is 12.8 Å². The molecule has 0 aromatic carbocycles. The summed E-state index contributed by atoms with van der Waals surface area (Å²) in [6, 6.07) is 2.23. The zero-order valence-corrected chi connectivity index (χ0v) is 15.2. The topological polar surface area (TPSA) is 74.6 Å². The average Bonchev–Trinajstić information content (AvgIpc) is 3.39. The number of carbonyl (C=O) groups excluding carboxylic acids is 1. The van der Waals surface area contributed by atoms with E-state index in [1.807, 2.05) is 21.8 Å². The van der Waals surface area contributed by atoms with Crippen molar-refractivity contribution in [1.29, 1.82) is 0 Å². The molecule has 1 aliphatic heterocycles. The number of aliphatic imine (C=N–C) groups is 1. The summed E-state index contributed by atoms with van der Waals surface area (Å²) in [7, 11) is 1.79. The van der Waals surface area contributed by atoms with Crippen LogP contribution in [0.25, 0.3) is 0 Å². The Labute approximate surface area is 149 Å². The SMILES string of the molecule is CN=C(NCCCn1cccn1)NC1CCN(C(=O)C2CCCC2)C1. The molecule has 25 heavy (non-hydrogen) atoms. The van der Waals surface area contributed by atoms with Crippen LogP contribution >= 0.6 is 0 Å². The molecule has 2 aliphatic rings. The van der Waals surface area contributed by atoms with Crippen molar-refractivity contribution in [3.8, 4) is 0 Å². The molecule has 1 amide bonds. The largest absolute Gasteiger partial charge is 0.356 e. The highest BCUT2D eigenvalue weighted by Crippen LogP contribution is 2.27. The van der Waals surface area contributed by atoms with Crippen LogP contribution in [0, 0.1) is 5.92 Å². The van der Waals surface area contributed by atoms with Gasteiger partial charge in [-0.15, -0.1) is 0 Å². The van der Waals surface area contributed by atoms with Gasteiger partial charge in [-0.05, 0) is 31.7 Å². The van der Waals surface area contributed by atoms with E-state index in [4.69, 9.17) is 0 Å². The Kier molecular flexibility index (Phi) is 6.30. The molecule has 7 heteroatoms. The van der Waals surface area contributed by atoms with E-state index < -0.39 is 0 Å². The summed E-state index contributed by atoms with van der Waals surface area (Å²) in [6.07, 6.45) is 10.3. The number of carbonyl (C=O) groups is 1. The van der Waals surface area contributed by atoms with Gasteiger partial charge in [0.1, 0.15) is 0 Å². The van der Waals surface area contributed by atoms with Gasteiger partial charge in [0, 0.05) is 57.6 Å². The highest BCUT2D eigenvalue weighted by atomic mass is 16.2. The Morgan fingerprint density at radius 2 is 2.16 bits per heavy atom. The normalized spacial score (nSPS) is 21.7. The van der Waals surface area contributed by atoms with Gasteiger partial charge in [0.2, 0.25) is 5.91 Å². The summed E-state index contributed by atoms with van der Waals surface area (Å²) >= 11 is 0. The molecular formula is C18H30N6O. The van der Waals surface area contributed by atoms with Crippen molar-refractivity contribution >= 4 is 11.9 Å². The van der Waals surface area contributed by atoms with E-state index in [9.17, 15) is 4.79 Å². The van der Waals surface area contributed by atoms with Crippen LogP contribution in [0.15, 0.2) is 23.5 Å². The Balaban J connectivity index is 1.36. The number of aromatic nitrogens is 2. The van der Waals surface area contributed by atoms with Gasteiger partial charge in [-0.3, -0.25) is 14.5 Å². The fraction of sp³-hybridized carbons (Fsp3) is 0.722. The van der Waals surface area contributed by atoms with Crippen LogP contribution in [0.1, 0.15) is 38.5 Å². The van der Waals surface area contributed by atoms with E-state index in [1.165, 1.54) is 12.8 Å². The van der Waals surface area contributed by atoms with Crippen LogP contribution < -0.4 is 10.6 Å². The Morgan fingerprint density at radius 3 is 2.88 bits per heavy atom. The molecule has 2 N–H and O–H groups in total. The number of aryl methyl sites for hydroxylation is 1. The smallest absolute Gasteiger partial charge is 0.225 e. The Morgan fingerprint density at radius 1 is 1.32 bits per heavy atom. The minimum absolute atomic E-state index is 0.276. The third-order valence-corrected chi connectivity index (χ3v) is 5.18. The van der Waals surface area contributed by atoms with E-state index in [0.717, 1.165) is 57.8 Å². The highest BCUT2D eigenvalue weighted by molar-refractivity contribution is 5.81. The van der Waals surface area contributed by atoms with Crippen LogP contribution in [0.2, 0.25) is 0 Å². The first-order valence-corrected chi connectivity index (χ1v) is 9.49. The lowest BCUT2D eigenvalue weighted by Gasteiger charge is -2.21. The van der Waals surface area contributed by atoms with E-state index >= 15 is 0 Å². The summed E-state index contributed by atoms with van der Waals surface area (Å²) in [4.78, 5) is 18.9. The van der Waals surface area contributed by atoms with Gasteiger partial charge in [0.25, 0.3) is 0 Å². The first-order chi connectivity index (χ1) is 12.3. The minimum atomic E-state index is 0.276. The molecule has 1 aromatic rings. The fourth-order valence-electron chi connectivity index (χ4n) is 3.78. The standard InChI is InChI=1S/C18H30N6O/c1-19-18(20-9-4-11-24-12-5-10-21-24)22-16-8-13-23(14-16)17(25)15-6-2-3-7-15/h5,10,12,15-16H,2-4,6-9,11,13-14H2,1H3,(H2,19,20,22). The van der Waals surface area contributed by atoms with E-state index in [2.05, 4.69) is 20.7 Å². The first-order valence-electron chi connectivity index (χ1n) is 9.49. The molecule has 1 saturated carbocycles. The molecule has 3 rings (SSSR count). The Hall–Kier alpha value is -2.05.